The number of ether oxygens (including phenoxy) is 1. The number of hydrogen-bond acceptors (Lipinski definition) is 3. The number of alkyl carbamates (subject to hydrolysis) is 1. The zero-order valence-electron chi connectivity index (χ0n) is 14.3. The molecule has 132 valence electrons. The highest BCUT2D eigenvalue weighted by molar-refractivity contribution is 9.10. The molecule has 5 heteroatoms. The number of rotatable bonds is 5. The van der Waals surface area contributed by atoms with E-state index in [1.54, 1.807) is 0 Å². The van der Waals surface area contributed by atoms with Crippen LogP contribution in [0.3, 0.4) is 0 Å². The van der Waals surface area contributed by atoms with Crippen molar-refractivity contribution in [1.29, 1.82) is 0 Å². The highest BCUT2D eigenvalue weighted by Crippen LogP contribution is 2.35. The van der Waals surface area contributed by atoms with Gasteiger partial charge >= 0.3 is 6.09 Å². The Morgan fingerprint density at radius 3 is 2.84 bits per heavy atom. The van der Waals surface area contributed by atoms with Crippen LogP contribution in [-0.4, -0.2) is 12.1 Å². The largest absolute Gasteiger partial charge is 0.445 e. The lowest BCUT2D eigenvalue weighted by atomic mass is 9.91. The Bertz CT molecular complexity index is 721. The van der Waals surface area contributed by atoms with Gasteiger partial charge in [-0.05, 0) is 42.2 Å². The minimum absolute atomic E-state index is 0.0476. The van der Waals surface area contributed by atoms with Gasteiger partial charge in [0.05, 0.1) is 6.04 Å². The van der Waals surface area contributed by atoms with Gasteiger partial charge in [0.15, 0.2) is 0 Å². The highest BCUT2D eigenvalue weighted by Gasteiger charge is 2.27. The first kappa shape index (κ1) is 17.8. The van der Waals surface area contributed by atoms with E-state index in [0.717, 1.165) is 40.5 Å². The van der Waals surface area contributed by atoms with E-state index in [9.17, 15) is 4.79 Å². The van der Waals surface area contributed by atoms with Gasteiger partial charge in [-0.25, -0.2) is 4.79 Å². The molecule has 2 aromatic carbocycles. The number of carbonyl (C=O) groups excluding carboxylic acids is 1. The minimum atomic E-state index is -0.378. The summed E-state index contributed by atoms with van der Waals surface area (Å²) in [6.07, 6.45) is 2.66. The lowest BCUT2D eigenvalue weighted by Gasteiger charge is -2.33. The number of benzene rings is 2. The molecule has 25 heavy (non-hydrogen) atoms. The normalized spacial score (nSPS) is 18.8. The highest BCUT2D eigenvalue weighted by atomic mass is 79.9. The van der Waals surface area contributed by atoms with Gasteiger partial charge in [-0.3, -0.25) is 0 Å². The molecule has 2 atom stereocenters. The van der Waals surface area contributed by atoms with Crippen LogP contribution >= 0.6 is 15.9 Å². The van der Waals surface area contributed by atoms with Crippen molar-refractivity contribution in [1.82, 2.24) is 5.32 Å². The van der Waals surface area contributed by atoms with Gasteiger partial charge in [-0.15, -0.1) is 0 Å². The van der Waals surface area contributed by atoms with Crippen molar-refractivity contribution in [3.05, 3.63) is 64.1 Å². The topological polar surface area (TPSA) is 50.4 Å². The van der Waals surface area contributed by atoms with Crippen LogP contribution in [0.5, 0.6) is 0 Å². The molecule has 0 unspecified atom stereocenters. The number of fused-ring (bicyclic) bond motifs is 1. The second kappa shape index (κ2) is 8.39. The molecule has 0 fully saturated rings. The lowest BCUT2D eigenvalue weighted by Crippen LogP contribution is -2.37. The van der Waals surface area contributed by atoms with Crippen molar-refractivity contribution < 1.29 is 9.53 Å². The van der Waals surface area contributed by atoms with Crippen LogP contribution in [0.4, 0.5) is 10.5 Å². The maximum absolute atomic E-state index is 12.3. The zero-order chi connectivity index (χ0) is 17.6. The van der Waals surface area contributed by atoms with Crippen molar-refractivity contribution in [2.24, 2.45) is 0 Å². The maximum atomic E-state index is 12.3. The lowest BCUT2D eigenvalue weighted by molar-refractivity contribution is 0.134. The first-order valence-corrected chi connectivity index (χ1v) is 9.48. The molecule has 0 saturated heterocycles. The number of hydrogen-bond donors (Lipinski definition) is 2. The number of halogens is 1. The number of amides is 1. The summed E-state index contributed by atoms with van der Waals surface area (Å²) >= 11 is 3.52. The third-order valence-corrected chi connectivity index (χ3v) is 4.90. The van der Waals surface area contributed by atoms with E-state index in [0.29, 0.717) is 6.04 Å². The van der Waals surface area contributed by atoms with Crippen molar-refractivity contribution in [2.45, 2.75) is 44.9 Å². The van der Waals surface area contributed by atoms with Crippen LogP contribution in [0.25, 0.3) is 0 Å². The fourth-order valence-corrected chi connectivity index (χ4v) is 3.60. The third-order valence-electron chi connectivity index (χ3n) is 4.41. The van der Waals surface area contributed by atoms with E-state index in [1.165, 1.54) is 0 Å². The van der Waals surface area contributed by atoms with Crippen LogP contribution in [0.1, 0.15) is 43.4 Å². The Hall–Kier alpha value is -2.01. The first-order valence-electron chi connectivity index (χ1n) is 8.69. The van der Waals surface area contributed by atoms with Gasteiger partial charge in [0.1, 0.15) is 6.61 Å². The van der Waals surface area contributed by atoms with Crippen molar-refractivity contribution in [3.63, 3.8) is 0 Å². The van der Waals surface area contributed by atoms with Gasteiger partial charge in [0, 0.05) is 16.2 Å². The molecule has 1 heterocycles. The molecule has 1 amide bonds. The molecule has 3 rings (SSSR count). The van der Waals surface area contributed by atoms with Gasteiger partial charge in [0.2, 0.25) is 0 Å². The van der Waals surface area contributed by atoms with E-state index in [1.807, 2.05) is 36.4 Å². The summed E-state index contributed by atoms with van der Waals surface area (Å²) in [5, 5.41) is 6.61. The third kappa shape index (κ3) is 4.75. The Morgan fingerprint density at radius 2 is 2.08 bits per heavy atom. The molecular weight excluding hydrogens is 380 g/mol. The minimum Gasteiger partial charge on any atom is -0.445 e. The van der Waals surface area contributed by atoms with Gasteiger partial charge in [-0.1, -0.05) is 59.6 Å². The molecule has 4 nitrogen and oxygen atoms in total. The second-order valence-corrected chi connectivity index (χ2v) is 7.27. The summed E-state index contributed by atoms with van der Waals surface area (Å²) in [4.78, 5) is 12.3. The van der Waals surface area contributed by atoms with Crippen molar-refractivity contribution in [3.8, 4) is 0 Å². The molecule has 0 aromatic heterocycles. The smallest absolute Gasteiger partial charge is 0.407 e. The average Bonchev–Trinajstić information content (AvgIpc) is 2.62. The molecule has 0 bridgehead atoms. The molecule has 1 aliphatic rings. The zero-order valence-corrected chi connectivity index (χ0v) is 15.9. The second-order valence-electron chi connectivity index (χ2n) is 6.36. The van der Waals surface area contributed by atoms with Gasteiger partial charge in [-0.2, -0.15) is 0 Å². The monoisotopic (exact) mass is 402 g/mol. The predicted molar refractivity (Wildman–Crippen MR) is 104 cm³/mol. The van der Waals surface area contributed by atoms with Crippen LogP contribution in [0, 0.1) is 0 Å². The fraction of sp³-hybridized carbons (Fsp3) is 0.350. The average molecular weight is 403 g/mol. The fourth-order valence-electron chi connectivity index (χ4n) is 3.23. The quantitative estimate of drug-likeness (QED) is 0.703. The van der Waals surface area contributed by atoms with E-state index in [-0.39, 0.29) is 18.7 Å². The first-order chi connectivity index (χ1) is 12.2. The summed E-state index contributed by atoms with van der Waals surface area (Å²) in [6, 6.07) is 16.2. The standard InChI is InChI=1S/C20H23BrN2O2/c1-2-6-16-12-19(17-11-15(21)9-10-18(17)22-16)23-20(24)25-13-14-7-4-3-5-8-14/h3-5,7-11,16,19,22H,2,6,12-13H2,1H3,(H,23,24)/t16-,19+/m1/s1. The maximum Gasteiger partial charge on any atom is 0.407 e. The predicted octanol–water partition coefficient (Wildman–Crippen LogP) is 5.40. The molecule has 2 aromatic rings. The molecule has 2 N–H and O–H groups in total. The van der Waals surface area contributed by atoms with E-state index >= 15 is 0 Å². The molecule has 0 spiro atoms. The Morgan fingerprint density at radius 1 is 1.28 bits per heavy atom. The van der Waals surface area contributed by atoms with Crippen LogP contribution in [0.15, 0.2) is 53.0 Å². The van der Waals surface area contributed by atoms with Crippen molar-refractivity contribution in [2.75, 3.05) is 5.32 Å². The molecular formula is C20H23BrN2O2. The van der Waals surface area contributed by atoms with Crippen molar-refractivity contribution >= 4 is 27.7 Å². The Balaban J connectivity index is 1.67. The Labute approximate surface area is 157 Å². The molecule has 1 aliphatic heterocycles. The molecule has 0 saturated carbocycles. The van der Waals surface area contributed by atoms with E-state index < -0.39 is 0 Å². The van der Waals surface area contributed by atoms with E-state index in [2.05, 4.69) is 45.6 Å². The summed E-state index contributed by atoms with van der Waals surface area (Å²) in [7, 11) is 0. The van der Waals surface area contributed by atoms with Gasteiger partial charge < -0.3 is 15.4 Å². The number of anilines is 1. The van der Waals surface area contributed by atoms with Crippen LogP contribution in [-0.2, 0) is 11.3 Å². The van der Waals surface area contributed by atoms with Crippen LogP contribution < -0.4 is 10.6 Å². The number of carbonyl (C=O) groups is 1. The summed E-state index contributed by atoms with van der Waals surface area (Å²) < 4.78 is 6.40. The molecule has 0 radical (unpaired) electrons. The molecule has 0 aliphatic carbocycles. The van der Waals surface area contributed by atoms with E-state index in [4.69, 9.17) is 4.74 Å². The van der Waals surface area contributed by atoms with Crippen LogP contribution in [0.2, 0.25) is 0 Å². The Kier molecular flexibility index (Phi) is 5.97. The SMILES string of the molecule is CCC[C@@H]1C[C@H](NC(=O)OCc2ccccc2)c2cc(Br)ccc2N1. The summed E-state index contributed by atoms with van der Waals surface area (Å²) in [5.74, 6) is 0. The number of nitrogens with one attached hydrogen (secondary N) is 2. The van der Waals surface area contributed by atoms with Gasteiger partial charge in [0.25, 0.3) is 0 Å². The summed E-state index contributed by atoms with van der Waals surface area (Å²) in [5.41, 5.74) is 3.16. The summed E-state index contributed by atoms with van der Waals surface area (Å²) in [6.45, 7) is 2.46.